The number of likely N-dealkylation sites (tertiary alicyclic amines) is 1. The summed E-state index contributed by atoms with van der Waals surface area (Å²) in [6.45, 7) is 1.07. The third kappa shape index (κ3) is 4.47. The summed E-state index contributed by atoms with van der Waals surface area (Å²) >= 11 is 0. The molecule has 1 aromatic carbocycles. The summed E-state index contributed by atoms with van der Waals surface area (Å²) in [6.07, 6.45) is 4.52. The SMILES string of the molecule is O=C(O)C1CCN(C(=O)CCCc2ncc(-c3ccccc3)o2)CC1. The molecule has 132 valence electrons. The van der Waals surface area contributed by atoms with E-state index in [1.54, 1.807) is 11.1 Å². The fourth-order valence-corrected chi connectivity index (χ4v) is 3.09. The van der Waals surface area contributed by atoms with E-state index in [2.05, 4.69) is 4.98 Å². The fraction of sp³-hybridized carbons (Fsp3) is 0.421. The van der Waals surface area contributed by atoms with E-state index in [4.69, 9.17) is 9.52 Å². The molecule has 6 nitrogen and oxygen atoms in total. The van der Waals surface area contributed by atoms with Crippen molar-refractivity contribution in [3.8, 4) is 11.3 Å². The molecule has 0 spiro atoms. The van der Waals surface area contributed by atoms with Crippen molar-refractivity contribution in [1.82, 2.24) is 9.88 Å². The second-order valence-corrected chi connectivity index (χ2v) is 6.33. The first-order chi connectivity index (χ1) is 12.1. The summed E-state index contributed by atoms with van der Waals surface area (Å²) in [4.78, 5) is 29.2. The van der Waals surface area contributed by atoms with Crippen LogP contribution in [0.5, 0.6) is 0 Å². The number of amides is 1. The van der Waals surface area contributed by atoms with Crippen LogP contribution in [-0.4, -0.2) is 40.0 Å². The summed E-state index contributed by atoms with van der Waals surface area (Å²) < 4.78 is 5.74. The van der Waals surface area contributed by atoms with Crippen LogP contribution < -0.4 is 0 Å². The number of benzene rings is 1. The molecule has 1 amide bonds. The van der Waals surface area contributed by atoms with Gasteiger partial charge < -0.3 is 14.4 Å². The third-order valence-electron chi connectivity index (χ3n) is 4.59. The highest BCUT2D eigenvalue weighted by Gasteiger charge is 2.26. The standard InChI is InChI=1S/C19H22N2O4/c22-18(21-11-9-15(10-12-21)19(23)24)8-4-7-17-20-13-16(25-17)14-5-2-1-3-6-14/h1-3,5-6,13,15H,4,7-12H2,(H,23,24). The minimum absolute atomic E-state index is 0.0821. The van der Waals surface area contributed by atoms with Gasteiger partial charge in [0.05, 0.1) is 12.1 Å². The van der Waals surface area contributed by atoms with Crippen LogP contribution in [0.4, 0.5) is 0 Å². The zero-order chi connectivity index (χ0) is 17.6. The molecular formula is C19H22N2O4. The molecule has 1 saturated heterocycles. The zero-order valence-corrected chi connectivity index (χ0v) is 14.1. The van der Waals surface area contributed by atoms with Gasteiger partial charge in [0.1, 0.15) is 0 Å². The molecule has 2 aromatic rings. The number of aryl methyl sites for hydroxylation is 1. The van der Waals surface area contributed by atoms with Gasteiger partial charge in [-0.3, -0.25) is 9.59 Å². The van der Waals surface area contributed by atoms with Gasteiger partial charge >= 0.3 is 5.97 Å². The van der Waals surface area contributed by atoms with Crippen LogP contribution in [0.25, 0.3) is 11.3 Å². The Morgan fingerprint density at radius 3 is 2.60 bits per heavy atom. The summed E-state index contributed by atoms with van der Waals surface area (Å²) in [7, 11) is 0. The number of carbonyl (C=O) groups excluding carboxylic acids is 1. The number of hydrogen-bond donors (Lipinski definition) is 1. The van der Waals surface area contributed by atoms with Crippen molar-refractivity contribution in [3.63, 3.8) is 0 Å². The highest BCUT2D eigenvalue weighted by molar-refractivity contribution is 5.77. The van der Waals surface area contributed by atoms with E-state index in [1.807, 2.05) is 30.3 Å². The van der Waals surface area contributed by atoms with E-state index in [0.29, 0.717) is 51.1 Å². The lowest BCUT2D eigenvalue weighted by atomic mass is 9.97. The zero-order valence-electron chi connectivity index (χ0n) is 14.1. The number of rotatable bonds is 6. The molecule has 1 aromatic heterocycles. The number of oxazole rings is 1. The largest absolute Gasteiger partial charge is 0.481 e. The Morgan fingerprint density at radius 1 is 1.20 bits per heavy atom. The topological polar surface area (TPSA) is 83.6 Å². The number of piperidine rings is 1. The van der Waals surface area contributed by atoms with E-state index >= 15 is 0 Å². The second kappa shape index (κ2) is 7.96. The minimum atomic E-state index is -0.759. The van der Waals surface area contributed by atoms with Crippen molar-refractivity contribution in [2.45, 2.75) is 32.1 Å². The van der Waals surface area contributed by atoms with Gasteiger partial charge in [-0.25, -0.2) is 4.98 Å². The summed E-state index contributed by atoms with van der Waals surface area (Å²) in [6, 6.07) is 9.78. The van der Waals surface area contributed by atoms with Crippen LogP contribution in [0, 0.1) is 5.92 Å². The average molecular weight is 342 g/mol. The molecule has 25 heavy (non-hydrogen) atoms. The van der Waals surface area contributed by atoms with Crippen molar-refractivity contribution in [1.29, 1.82) is 0 Å². The Balaban J connectivity index is 1.43. The van der Waals surface area contributed by atoms with Gasteiger partial charge in [-0.15, -0.1) is 0 Å². The molecule has 2 heterocycles. The maximum absolute atomic E-state index is 12.2. The highest BCUT2D eigenvalue weighted by atomic mass is 16.4. The van der Waals surface area contributed by atoms with Gasteiger partial charge in [0.2, 0.25) is 5.91 Å². The van der Waals surface area contributed by atoms with E-state index in [9.17, 15) is 9.59 Å². The second-order valence-electron chi connectivity index (χ2n) is 6.33. The predicted molar refractivity (Wildman–Crippen MR) is 91.8 cm³/mol. The Kier molecular flexibility index (Phi) is 5.48. The minimum Gasteiger partial charge on any atom is -0.481 e. The van der Waals surface area contributed by atoms with E-state index < -0.39 is 5.97 Å². The van der Waals surface area contributed by atoms with Crippen LogP contribution in [0.15, 0.2) is 40.9 Å². The van der Waals surface area contributed by atoms with Gasteiger partial charge in [-0.2, -0.15) is 0 Å². The van der Waals surface area contributed by atoms with Crippen molar-refractivity contribution in [2.75, 3.05) is 13.1 Å². The molecule has 1 N–H and O–H groups in total. The number of aromatic nitrogens is 1. The molecule has 1 fully saturated rings. The Morgan fingerprint density at radius 2 is 1.92 bits per heavy atom. The molecule has 0 unspecified atom stereocenters. The van der Waals surface area contributed by atoms with Gasteiger partial charge in [0, 0.05) is 31.5 Å². The van der Waals surface area contributed by atoms with Crippen LogP contribution in [-0.2, 0) is 16.0 Å². The number of carbonyl (C=O) groups is 2. The molecule has 0 saturated carbocycles. The molecule has 1 aliphatic rings. The maximum Gasteiger partial charge on any atom is 0.306 e. The first-order valence-corrected chi connectivity index (χ1v) is 8.64. The number of nitrogens with zero attached hydrogens (tertiary/aromatic N) is 2. The van der Waals surface area contributed by atoms with E-state index in [-0.39, 0.29) is 11.8 Å². The van der Waals surface area contributed by atoms with Crippen LogP contribution in [0.3, 0.4) is 0 Å². The molecule has 0 radical (unpaired) electrons. The fourth-order valence-electron chi connectivity index (χ4n) is 3.09. The number of hydrogen-bond acceptors (Lipinski definition) is 4. The van der Waals surface area contributed by atoms with Crippen LogP contribution >= 0.6 is 0 Å². The number of carboxylic acids is 1. The first-order valence-electron chi connectivity index (χ1n) is 8.64. The van der Waals surface area contributed by atoms with Crippen molar-refractivity contribution in [3.05, 3.63) is 42.4 Å². The third-order valence-corrected chi connectivity index (χ3v) is 4.59. The van der Waals surface area contributed by atoms with Crippen molar-refractivity contribution < 1.29 is 19.1 Å². The lowest BCUT2D eigenvalue weighted by molar-refractivity contribution is -0.145. The molecule has 0 atom stereocenters. The van der Waals surface area contributed by atoms with Crippen molar-refractivity contribution >= 4 is 11.9 Å². The Hall–Kier alpha value is -2.63. The summed E-state index contributed by atoms with van der Waals surface area (Å²) in [5.41, 5.74) is 0.985. The van der Waals surface area contributed by atoms with Crippen LogP contribution in [0.2, 0.25) is 0 Å². The van der Waals surface area contributed by atoms with Gasteiger partial charge in [-0.1, -0.05) is 30.3 Å². The first kappa shape index (κ1) is 17.2. The van der Waals surface area contributed by atoms with Crippen LogP contribution in [0.1, 0.15) is 31.6 Å². The van der Waals surface area contributed by atoms with E-state index in [1.165, 1.54) is 0 Å². The van der Waals surface area contributed by atoms with Crippen molar-refractivity contribution in [2.24, 2.45) is 5.92 Å². The lowest BCUT2D eigenvalue weighted by Crippen LogP contribution is -2.40. The molecule has 0 aliphatic carbocycles. The van der Waals surface area contributed by atoms with E-state index in [0.717, 1.165) is 11.3 Å². The Bertz CT molecular complexity index is 718. The predicted octanol–water partition coefficient (Wildman–Crippen LogP) is 2.99. The van der Waals surface area contributed by atoms with Gasteiger partial charge in [0.15, 0.2) is 11.7 Å². The maximum atomic E-state index is 12.2. The molecule has 1 aliphatic heterocycles. The summed E-state index contributed by atoms with van der Waals surface area (Å²) in [5.74, 6) is 0.380. The smallest absolute Gasteiger partial charge is 0.306 e. The Labute approximate surface area is 146 Å². The van der Waals surface area contributed by atoms with Gasteiger partial charge in [0.25, 0.3) is 0 Å². The average Bonchev–Trinajstić information content (AvgIpc) is 3.11. The number of carboxylic acid groups (broad SMARTS) is 1. The highest BCUT2D eigenvalue weighted by Crippen LogP contribution is 2.21. The summed E-state index contributed by atoms with van der Waals surface area (Å²) in [5, 5.41) is 8.99. The lowest BCUT2D eigenvalue weighted by Gasteiger charge is -2.30. The quantitative estimate of drug-likeness (QED) is 0.872. The molecule has 6 heteroatoms. The molecule has 3 rings (SSSR count). The monoisotopic (exact) mass is 342 g/mol. The van der Waals surface area contributed by atoms with Gasteiger partial charge in [-0.05, 0) is 19.3 Å². The number of aliphatic carboxylic acids is 1. The molecule has 0 bridgehead atoms. The normalized spacial score (nSPS) is 15.3. The molecular weight excluding hydrogens is 320 g/mol.